The first-order valence-electron chi connectivity index (χ1n) is 7.80. The average molecular weight is 308 g/mol. The number of amides is 1. The third-order valence-electron chi connectivity index (χ3n) is 5.05. The van der Waals surface area contributed by atoms with Crippen molar-refractivity contribution in [2.45, 2.75) is 43.1 Å². The van der Waals surface area contributed by atoms with Gasteiger partial charge in [-0.3, -0.25) is 4.79 Å². The van der Waals surface area contributed by atoms with Crippen LogP contribution < -0.4 is 0 Å². The molecule has 1 saturated heterocycles. The van der Waals surface area contributed by atoms with Crippen LogP contribution in [0.4, 0.5) is 0 Å². The fraction of sp³-hybridized carbons (Fsp3) is 0.588. The molecule has 2 aliphatic rings. The topological polar surface area (TPSA) is 40.5 Å². The molecule has 1 aliphatic carbocycles. The third-order valence-corrected chi connectivity index (χ3v) is 5.49. The summed E-state index contributed by atoms with van der Waals surface area (Å²) < 4.78 is 0. The summed E-state index contributed by atoms with van der Waals surface area (Å²) in [5.41, 5.74) is 0.289. The summed E-state index contributed by atoms with van der Waals surface area (Å²) in [6, 6.07) is 9.48. The number of carbonyl (C=O) groups excluding carboxylic acids is 1. The molecule has 1 N–H and O–H groups in total. The SMILES string of the molecule is O=C(C(Cl)c1ccccc1)N1CCC2(O)CCCCC2C1. The minimum Gasteiger partial charge on any atom is -0.389 e. The van der Waals surface area contributed by atoms with Gasteiger partial charge in [-0.2, -0.15) is 0 Å². The van der Waals surface area contributed by atoms with Gasteiger partial charge in [-0.05, 0) is 24.8 Å². The van der Waals surface area contributed by atoms with Crippen molar-refractivity contribution >= 4 is 17.5 Å². The zero-order valence-corrected chi connectivity index (χ0v) is 12.9. The quantitative estimate of drug-likeness (QED) is 0.853. The van der Waals surface area contributed by atoms with Gasteiger partial charge in [-0.15, -0.1) is 11.6 Å². The van der Waals surface area contributed by atoms with Gasteiger partial charge < -0.3 is 10.0 Å². The number of benzene rings is 1. The van der Waals surface area contributed by atoms with E-state index in [1.807, 2.05) is 35.2 Å². The molecule has 1 aromatic rings. The van der Waals surface area contributed by atoms with E-state index in [0.29, 0.717) is 19.5 Å². The summed E-state index contributed by atoms with van der Waals surface area (Å²) in [7, 11) is 0. The van der Waals surface area contributed by atoms with Crippen molar-refractivity contribution in [2.75, 3.05) is 13.1 Å². The number of aliphatic hydroxyl groups is 1. The van der Waals surface area contributed by atoms with Crippen LogP contribution in [-0.2, 0) is 4.79 Å². The summed E-state index contributed by atoms with van der Waals surface area (Å²) in [6.45, 7) is 1.26. The summed E-state index contributed by atoms with van der Waals surface area (Å²) in [5, 5.41) is 10.1. The predicted octanol–water partition coefficient (Wildman–Crippen LogP) is 3.12. The van der Waals surface area contributed by atoms with Crippen LogP contribution in [0, 0.1) is 5.92 Å². The summed E-state index contributed by atoms with van der Waals surface area (Å²) in [5.74, 6) is 0.180. The zero-order valence-electron chi connectivity index (χ0n) is 12.2. The van der Waals surface area contributed by atoms with Gasteiger partial charge in [-0.1, -0.05) is 43.2 Å². The maximum Gasteiger partial charge on any atom is 0.245 e. The van der Waals surface area contributed by atoms with Crippen LogP contribution in [0.2, 0.25) is 0 Å². The molecule has 21 heavy (non-hydrogen) atoms. The molecule has 114 valence electrons. The van der Waals surface area contributed by atoms with Crippen molar-refractivity contribution in [3.05, 3.63) is 35.9 Å². The van der Waals surface area contributed by atoms with Gasteiger partial charge in [0.25, 0.3) is 0 Å². The molecule has 0 radical (unpaired) electrons. The molecule has 1 saturated carbocycles. The highest BCUT2D eigenvalue weighted by Crippen LogP contribution is 2.40. The molecule has 1 heterocycles. The van der Waals surface area contributed by atoms with Crippen LogP contribution in [0.5, 0.6) is 0 Å². The maximum atomic E-state index is 12.6. The molecule has 1 amide bonds. The van der Waals surface area contributed by atoms with Crippen LogP contribution in [0.25, 0.3) is 0 Å². The molecule has 1 aliphatic heterocycles. The van der Waals surface area contributed by atoms with Crippen LogP contribution in [0.15, 0.2) is 30.3 Å². The Balaban J connectivity index is 1.69. The second kappa shape index (κ2) is 5.98. The number of piperidine rings is 1. The molecule has 3 atom stereocenters. The molecule has 1 aromatic carbocycles. The first-order chi connectivity index (χ1) is 10.1. The Morgan fingerprint density at radius 3 is 2.81 bits per heavy atom. The molecule has 0 aromatic heterocycles. The fourth-order valence-corrected chi connectivity index (χ4v) is 3.98. The van der Waals surface area contributed by atoms with Gasteiger partial charge in [0.05, 0.1) is 5.60 Å². The molecular formula is C17H22ClNO2. The van der Waals surface area contributed by atoms with E-state index in [0.717, 1.165) is 31.2 Å². The minimum absolute atomic E-state index is 0.0320. The van der Waals surface area contributed by atoms with Crippen molar-refractivity contribution in [3.8, 4) is 0 Å². The first-order valence-corrected chi connectivity index (χ1v) is 8.24. The monoisotopic (exact) mass is 307 g/mol. The van der Waals surface area contributed by atoms with Crippen molar-refractivity contribution in [1.82, 2.24) is 4.90 Å². The number of rotatable bonds is 2. The lowest BCUT2D eigenvalue weighted by Crippen LogP contribution is -2.55. The summed E-state index contributed by atoms with van der Waals surface area (Å²) in [6.07, 6.45) is 4.82. The Bertz CT molecular complexity index is 507. The molecule has 3 nitrogen and oxygen atoms in total. The highest BCUT2D eigenvalue weighted by Gasteiger charge is 2.44. The maximum absolute atomic E-state index is 12.6. The largest absolute Gasteiger partial charge is 0.389 e. The van der Waals surface area contributed by atoms with Crippen molar-refractivity contribution in [3.63, 3.8) is 0 Å². The number of fused-ring (bicyclic) bond motifs is 1. The molecule has 4 heteroatoms. The molecule has 3 unspecified atom stereocenters. The van der Waals surface area contributed by atoms with E-state index in [4.69, 9.17) is 11.6 Å². The fourth-order valence-electron chi connectivity index (χ4n) is 3.70. The second-order valence-electron chi connectivity index (χ2n) is 6.35. The number of nitrogens with zero attached hydrogens (tertiary/aromatic N) is 1. The average Bonchev–Trinajstić information content (AvgIpc) is 2.53. The van der Waals surface area contributed by atoms with Crippen molar-refractivity contribution < 1.29 is 9.90 Å². The Hall–Kier alpha value is -1.06. The molecule has 3 rings (SSSR count). The Morgan fingerprint density at radius 1 is 1.29 bits per heavy atom. The van der Waals surface area contributed by atoms with E-state index in [9.17, 15) is 9.90 Å². The highest BCUT2D eigenvalue weighted by atomic mass is 35.5. The lowest BCUT2D eigenvalue weighted by atomic mass is 9.71. The number of hydrogen-bond acceptors (Lipinski definition) is 2. The first kappa shape index (κ1) is 14.9. The van der Waals surface area contributed by atoms with Gasteiger partial charge >= 0.3 is 0 Å². The second-order valence-corrected chi connectivity index (χ2v) is 6.79. The Morgan fingerprint density at radius 2 is 2.05 bits per heavy atom. The lowest BCUT2D eigenvalue weighted by molar-refractivity contribution is -0.143. The normalized spacial score (nSPS) is 30.6. The van der Waals surface area contributed by atoms with Crippen LogP contribution in [0.3, 0.4) is 0 Å². The zero-order chi connectivity index (χ0) is 14.9. The predicted molar refractivity (Wildman–Crippen MR) is 83.1 cm³/mol. The number of likely N-dealkylation sites (tertiary alicyclic amines) is 1. The third kappa shape index (κ3) is 2.95. The molecule has 2 fully saturated rings. The number of carbonyl (C=O) groups is 1. The number of hydrogen-bond donors (Lipinski definition) is 1. The summed E-state index contributed by atoms with van der Waals surface area (Å²) >= 11 is 6.35. The van der Waals surface area contributed by atoms with E-state index in [-0.39, 0.29) is 11.8 Å². The number of alkyl halides is 1. The molecule has 0 bridgehead atoms. The standard InChI is InChI=1S/C17H22ClNO2/c18-15(13-6-2-1-3-7-13)16(20)19-11-10-17(21)9-5-4-8-14(17)12-19/h1-3,6-7,14-15,21H,4-5,8-12H2. The van der Waals surface area contributed by atoms with Gasteiger partial charge in [0.15, 0.2) is 0 Å². The summed E-state index contributed by atoms with van der Waals surface area (Å²) in [4.78, 5) is 14.4. The highest BCUT2D eigenvalue weighted by molar-refractivity contribution is 6.30. The minimum atomic E-state index is -0.624. The van der Waals surface area contributed by atoms with Crippen molar-refractivity contribution in [1.29, 1.82) is 0 Å². The van der Waals surface area contributed by atoms with Gasteiger partial charge in [-0.25, -0.2) is 0 Å². The molecule has 0 spiro atoms. The van der Waals surface area contributed by atoms with Crippen LogP contribution >= 0.6 is 11.6 Å². The number of halogens is 1. The lowest BCUT2D eigenvalue weighted by Gasteiger charge is -2.47. The van der Waals surface area contributed by atoms with Gasteiger partial charge in [0.1, 0.15) is 5.38 Å². The van der Waals surface area contributed by atoms with Gasteiger partial charge in [0.2, 0.25) is 5.91 Å². The van der Waals surface area contributed by atoms with Crippen LogP contribution in [-0.4, -0.2) is 34.6 Å². The molecular weight excluding hydrogens is 286 g/mol. The van der Waals surface area contributed by atoms with Crippen LogP contribution in [0.1, 0.15) is 43.0 Å². The van der Waals surface area contributed by atoms with Crippen molar-refractivity contribution in [2.24, 2.45) is 5.92 Å². The van der Waals surface area contributed by atoms with Gasteiger partial charge in [0, 0.05) is 19.0 Å². The van der Waals surface area contributed by atoms with E-state index >= 15 is 0 Å². The Labute approximate surface area is 130 Å². The van der Waals surface area contributed by atoms with E-state index in [1.165, 1.54) is 0 Å². The van der Waals surface area contributed by atoms with E-state index < -0.39 is 11.0 Å². The van der Waals surface area contributed by atoms with E-state index in [1.54, 1.807) is 0 Å². The van der Waals surface area contributed by atoms with E-state index in [2.05, 4.69) is 0 Å². The smallest absolute Gasteiger partial charge is 0.245 e. The Kier molecular flexibility index (Phi) is 4.23.